The van der Waals surface area contributed by atoms with Crippen LogP contribution in [0.3, 0.4) is 0 Å². The molecule has 0 unspecified atom stereocenters. The number of methoxy groups -OCH3 is 1. The lowest BCUT2D eigenvalue weighted by atomic mass is 10.1. The standard InChI is InChI=1S/C15H25ClN2O2/c1-5-20-15-12(9-13(16)10-14(15)19-4)11-17-7-6-8-18(2)3/h9-10,17H,5-8,11H2,1-4H3. The Kier molecular flexibility index (Phi) is 7.73. The minimum atomic E-state index is 0.603. The highest BCUT2D eigenvalue weighted by molar-refractivity contribution is 6.30. The third-order valence-electron chi connectivity index (χ3n) is 2.88. The van der Waals surface area contributed by atoms with Crippen LogP contribution < -0.4 is 14.8 Å². The summed E-state index contributed by atoms with van der Waals surface area (Å²) in [5.41, 5.74) is 1.03. The number of nitrogens with zero attached hydrogens (tertiary/aromatic N) is 1. The molecule has 1 rings (SSSR count). The molecule has 0 saturated carbocycles. The molecule has 0 aliphatic heterocycles. The van der Waals surface area contributed by atoms with Gasteiger partial charge in [0, 0.05) is 23.2 Å². The van der Waals surface area contributed by atoms with Crippen LogP contribution in [-0.2, 0) is 6.54 Å². The minimum absolute atomic E-state index is 0.603. The predicted octanol–water partition coefficient (Wildman–Crippen LogP) is 2.79. The van der Waals surface area contributed by atoms with Gasteiger partial charge in [0.25, 0.3) is 0 Å². The summed E-state index contributed by atoms with van der Waals surface area (Å²) in [5.74, 6) is 1.46. The number of rotatable bonds is 9. The van der Waals surface area contributed by atoms with E-state index in [1.807, 2.05) is 13.0 Å². The molecule has 1 N–H and O–H groups in total. The lowest BCUT2D eigenvalue weighted by molar-refractivity contribution is 0.306. The van der Waals surface area contributed by atoms with Gasteiger partial charge in [0.1, 0.15) is 0 Å². The van der Waals surface area contributed by atoms with Gasteiger partial charge in [0.05, 0.1) is 13.7 Å². The summed E-state index contributed by atoms with van der Waals surface area (Å²) >= 11 is 6.11. The van der Waals surface area contributed by atoms with Crippen molar-refractivity contribution in [1.29, 1.82) is 0 Å². The van der Waals surface area contributed by atoms with Crippen LogP contribution in [0.2, 0.25) is 5.02 Å². The largest absolute Gasteiger partial charge is 0.493 e. The molecule has 0 radical (unpaired) electrons. The van der Waals surface area contributed by atoms with E-state index in [0.717, 1.165) is 37.4 Å². The highest BCUT2D eigenvalue weighted by Gasteiger charge is 2.12. The van der Waals surface area contributed by atoms with E-state index < -0.39 is 0 Å². The summed E-state index contributed by atoms with van der Waals surface area (Å²) in [4.78, 5) is 2.18. The first-order valence-corrected chi connectivity index (χ1v) is 7.31. The van der Waals surface area contributed by atoms with Crippen LogP contribution in [0.15, 0.2) is 12.1 Å². The van der Waals surface area contributed by atoms with E-state index in [4.69, 9.17) is 21.1 Å². The Morgan fingerprint density at radius 1 is 1.30 bits per heavy atom. The van der Waals surface area contributed by atoms with Crippen molar-refractivity contribution < 1.29 is 9.47 Å². The van der Waals surface area contributed by atoms with Gasteiger partial charge in [-0.3, -0.25) is 0 Å². The van der Waals surface area contributed by atoms with Crippen LogP contribution in [0.5, 0.6) is 11.5 Å². The van der Waals surface area contributed by atoms with Crippen LogP contribution >= 0.6 is 11.6 Å². The Morgan fingerprint density at radius 2 is 2.05 bits per heavy atom. The molecule has 1 aromatic rings. The molecular formula is C15H25ClN2O2. The molecule has 114 valence electrons. The van der Waals surface area contributed by atoms with Crippen LogP contribution in [0.25, 0.3) is 0 Å². The van der Waals surface area contributed by atoms with Crippen molar-refractivity contribution in [1.82, 2.24) is 10.2 Å². The zero-order valence-corrected chi connectivity index (χ0v) is 13.6. The number of hydrogen-bond donors (Lipinski definition) is 1. The Hall–Kier alpha value is -0.970. The van der Waals surface area contributed by atoms with Crippen molar-refractivity contribution in [3.05, 3.63) is 22.7 Å². The van der Waals surface area contributed by atoms with Crippen molar-refractivity contribution in [2.45, 2.75) is 19.9 Å². The van der Waals surface area contributed by atoms with Gasteiger partial charge in [-0.2, -0.15) is 0 Å². The van der Waals surface area contributed by atoms with Crippen LogP contribution in [0.1, 0.15) is 18.9 Å². The van der Waals surface area contributed by atoms with E-state index >= 15 is 0 Å². The average molecular weight is 301 g/mol. The number of halogens is 1. The van der Waals surface area contributed by atoms with Crippen LogP contribution in [-0.4, -0.2) is 45.8 Å². The average Bonchev–Trinajstić information content (AvgIpc) is 2.40. The summed E-state index contributed by atoms with van der Waals surface area (Å²) in [5, 5.41) is 4.08. The van der Waals surface area contributed by atoms with E-state index in [-0.39, 0.29) is 0 Å². The number of ether oxygens (including phenoxy) is 2. The third-order valence-corrected chi connectivity index (χ3v) is 3.10. The van der Waals surface area contributed by atoms with Gasteiger partial charge >= 0.3 is 0 Å². The molecule has 0 bridgehead atoms. The smallest absolute Gasteiger partial charge is 0.165 e. The third kappa shape index (κ3) is 5.57. The summed E-state index contributed by atoms with van der Waals surface area (Å²) in [7, 11) is 5.78. The second-order valence-corrected chi connectivity index (χ2v) is 5.30. The number of nitrogens with one attached hydrogen (secondary N) is 1. The topological polar surface area (TPSA) is 33.7 Å². The second kappa shape index (κ2) is 9.06. The van der Waals surface area contributed by atoms with E-state index in [0.29, 0.717) is 17.4 Å². The van der Waals surface area contributed by atoms with Crippen LogP contribution in [0, 0.1) is 0 Å². The van der Waals surface area contributed by atoms with Gasteiger partial charge < -0.3 is 19.7 Å². The fourth-order valence-electron chi connectivity index (χ4n) is 1.96. The van der Waals surface area contributed by atoms with E-state index in [2.05, 4.69) is 24.3 Å². The van der Waals surface area contributed by atoms with Crippen molar-refractivity contribution in [2.75, 3.05) is 40.9 Å². The van der Waals surface area contributed by atoms with Crippen molar-refractivity contribution in [3.63, 3.8) is 0 Å². The second-order valence-electron chi connectivity index (χ2n) is 4.86. The molecule has 0 spiro atoms. The molecule has 0 atom stereocenters. The quantitative estimate of drug-likeness (QED) is 0.711. The maximum Gasteiger partial charge on any atom is 0.165 e. The lowest BCUT2D eigenvalue weighted by Gasteiger charge is -2.16. The first-order chi connectivity index (χ1) is 9.58. The van der Waals surface area contributed by atoms with Crippen LogP contribution in [0.4, 0.5) is 0 Å². The predicted molar refractivity (Wildman–Crippen MR) is 84.1 cm³/mol. The summed E-state index contributed by atoms with van der Waals surface area (Å²) < 4.78 is 11.0. The molecule has 0 aliphatic rings. The van der Waals surface area contributed by atoms with E-state index in [1.165, 1.54) is 0 Å². The first-order valence-electron chi connectivity index (χ1n) is 6.93. The molecule has 4 nitrogen and oxygen atoms in total. The highest BCUT2D eigenvalue weighted by atomic mass is 35.5. The molecule has 5 heteroatoms. The van der Waals surface area contributed by atoms with Crippen molar-refractivity contribution in [2.24, 2.45) is 0 Å². The fourth-order valence-corrected chi connectivity index (χ4v) is 2.19. The molecule has 0 fully saturated rings. The first kappa shape index (κ1) is 17.1. The Morgan fingerprint density at radius 3 is 2.65 bits per heavy atom. The molecule has 0 amide bonds. The van der Waals surface area contributed by atoms with Crippen molar-refractivity contribution >= 4 is 11.6 Å². The minimum Gasteiger partial charge on any atom is -0.493 e. The fraction of sp³-hybridized carbons (Fsp3) is 0.600. The summed E-state index contributed by atoms with van der Waals surface area (Å²) in [6.45, 7) is 5.32. The van der Waals surface area contributed by atoms with Gasteiger partial charge in [0.15, 0.2) is 11.5 Å². The van der Waals surface area contributed by atoms with Gasteiger partial charge in [-0.05, 0) is 46.6 Å². The summed E-state index contributed by atoms with van der Waals surface area (Å²) in [6, 6.07) is 3.70. The monoisotopic (exact) mass is 300 g/mol. The molecule has 1 aromatic carbocycles. The lowest BCUT2D eigenvalue weighted by Crippen LogP contribution is -2.21. The molecule has 0 heterocycles. The molecule has 20 heavy (non-hydrogen) atoms. The maximum absolute atomic E-state index is 6.11. The number of benzene rings is 1. The zero-order valence-electron chi connectivity index (χ0n) is 12.8. The SMILES string of the molecule is CCOc1c(CNCCCN(C)C)cc(Cl)cc1OC. The zero-order chi connectivity index (χ0) is 15.0. The normalized spacial score (nSPS) is 10.9. The molecule has 0 saturated heterocycles. The molecular weight excluding hydrogens is 276 g/mol. The van der Waals surface area contributed by atoms with E-state index in [1.54, 1.807) is 13.2 Å². The Balaban J connectivity index is 2.65. The van der Waals surface area contributed by atoms with Gasteiger partial charge in [-0.1, -0.05) is 11.6 Å². The molecule has 0 aromatic heterocycles. The van der Waals surface area contributed by atoms with Crippen molar-refractivity contribution in [3.8, 4) is 11.5 Å². The van der Waals surface area contributed by atoms with E-state index in [9.17, 15) is 0 Å². The highest BCUT2D eigenvalue weighted by Crippen LogP contribution is 2.34. The van der Waals surface area contributed by atoms with Gasteiger partial charge in [-0.15, -0.1) is 0 Å². The molecule has 0 aliphatic carbocycles. The number of hydrogen-bond acceptors (Lipinski definition) is 4. The Bertz CT molecular complexity index is 411. The Labute approximate surface area is 127 Å². The van der Waals surface area contributed by atoms with Gasteiger partial charge in [-0.25, -0.2) is 0 Å². The summed E-state index contributed by atoms with van der Waals surface area (Å²) in [6.07, 6.45) is 1.11. The maximum atomic E-state index is 6.11. The van der Waals surface area contributed by atoms with Gasteiger partial charge in [0.2, 0.25) is 0 Å².